The van der Waals surface area contributed by atoms with Crippen LogP contribution in [0.15, 0.2) is 53.9 Å². The van der Waals surface area contributed by atoms with Crippen molar-refractivity contribution in [2.75, 3.05) is 0 Å². The van der Waals surface area contributed by atoms with Crippen LogP contribution in [0, 0.1) is 13.8 Å². The number of rotatable bonds is 5. The normalized spacial score (nSPS) is 11.2. The molecule has 1 aromatic heterocycles. The number of aryl methyl sites for hydroxylation is 2. The maximum absolute atomic E-state index is 6.70. The average molecular weight is 543 g/mol. The Labute approximate surface area is 222 Å². The predicted octanol–water partition coefficient (Wildman–Crippen LogP) is 8.56. The van der Waals surface area contributed by atoms with E-state index in [2.05, 4.69) is 114 Å². The molecule has 2 nitrogen and oxygen atoms in total. The molecule has 0 saturated carbocycles. The second kappa shape index (κ2) is 12.0. The standard InChI is InChI=1S/2C11H16O.C5H4S.2ClH.Ti/c2*1-8-5-6-10(12)9(7-8)11(2,3)4;1-5-3-2-4-6-5;;;/h2*5-7,12H,1-4H3;1-4H;2*1H;/q;;;;;+2/p-2. The second-order valence-electron chi connectivity index (χ2n) is 10.2. The molecule has 0 amide bonds. The van der Waals surface area contributed by atoms with E-state index in [1.54, 1.807) is 11.3 Å². The van der Waals surface area contributed by atoms with Crippen LogP contribution in [0.4, 0.5) is 0 Å². The largest absolute Gasteiger partial charge is 0.147 e. The van der Waals surface area contributed by atoms with Gasteiger partial charge in [0.05, 0.1) is 0 Å². The molecule has 0 aliphatic rings. The molecule has 1 heterocycles. The molecule has 0 bridgehead atoms. The Kier molecular flexibility index (Phi) is 10.9. The van der Waals surface area contributed by atoms with E-state index in [0.717, 1.165) is 11.5 Å². The molecule has 0 aliphatic carbocycles. The Balaban J connectivity index is 0.00000272. The molecular weight excluding hydrogens is 507 g/mol. The summed E-state index contributed by atoms with van der Waals surface area (Å²) in [6, 6.07) is 17.1. The van der Waals surface area contributed by atoms with Crippen LogP contribution in [0.5, 0.6) is 11.5 Å². The van der Waals surface area contributed by atoms with E-state index in [1.165, 1.54) is 27.1 Å². The monoisotopic (exact) mass is 542 g/mol. The summed E-state index contributed by atoms with van der Waals surface area (Å²) in [5.74, 6) is 1.87. The molecule has 2 aromatic carbocycles. The van der Waals surface area contributed by atoms with Gasteiger partial charge in [0, 0.05) is 0 Å². The first-order valence-corrected chi connectivity index (χ1v) is 13.8. The van der Waals surface area contributed by atoms with Gasteiger partial charge in [0.1, 0.15) is 0 Å². The molecular formula is C27H36Cl2O2STi. The minimum Gasteiger partial charge on any atom is -0.147 e. The van der Waals surface area contributed by atoms with Gasteiger partial charge in [0.15, 0.2) is 0 Å². The zero-order chi connectivity index (χ0) is 22.8. The Morgan fingerprint density at radius 3 is 1.55 bits per heavy atom. The van der Waals surface area contributed by atoms with Gasteiger partial charge in [-0.05, 0) is 0 Å². The van der Waals surface area contributed by atoms with Crippen LogP contribution in [-0.4, -0.2) is 4.31 Å². The van der Waals surface area contributed by atoms with E-state index in [4.69, 9.17) is 6.64 Å². The van der Waals surface area contributed by atoms with Gasteiger partial charge < -0.3 is 0 Å². The molecule has 3 rings (SSSR count). The third-order valence-corrected chi connectivity index (χ3v) is 8.43. The van der Waals surface area contributed by atoms with Crippen molar-refractivity contribution in [3.63, 3.8) is 0 Å². The molecule has 0 N–H and O–H groups in total. The quantitative estimate of drug-likeness (QED) is 0.300. The van der Waals surface area contributed by atoms with Crippen molar-refractivity contribution >= 4 is 40.5 Å². The molecule has 0 radical (unpaired) electrons. The smallest absolute Gasteiger partial charge is 0.147 e. The molecule has 6 heteroatoms. The summed E-state index contributed by atoms with van der Waals surface area (Å²) in [4.78, 5) is 1.20. The molecule has 3 aromatic rings. The average Bonchev–Trinajstić information content (AvgIpc) is 3.16. The summed E-state index contributed by atoms with van der Waals surface area (Å²) in [6.45, 7) is 17.7. The molecule has 0 aliphatic heterocycles. The van der Waals surface area contributed by atoms with Gasteiger partial charge in [0.25, 0.3) is 0 Å². The fraction of sp³-hybridized carbons (Fsp3) is 0.370. The van der Waals surface area contributed by atoms with Crippen LogP contribution in [-0.2, 0) is 29.0 Å². The Hall–Kier alpha value is -1.10. The SMILES string of the molecule is Cc1ccc([O][Ti](=[CH]c2cccs2)[O]c2ccc(C)cc2C(C)(C)C)c(C(C)(C)C)c1.Cl.Cl. The minimum atomic E-state index is -2.56. The molecule has 0 unspecified atom stereocenters. The third kappa shape index (κ3) is 8.26. The first kappa shape index (κ1) is 29.9. The fourth-order valence-electron chi connectivity index (χ4n) is 3.42. The number of benzene rings is 2. The van der Waals surface area contributed by atoms with Gasteiger partial charge in [-0.3, -0.25) is 0 Å². The van der Waals surface area contributed by atoms with Crippen LogP contribution in [0.1, 0.15) is 68.7 Å². The van der Waals surface area contributed by atoms with Crippen molar-refractivity contribution < 1.29 is 24.8 Å². The van der Waals surface area contributed by atoms with Crippen LogP contribution in [0.3, 0.4) is 0 Å². The van der Waals surface area contributed by atoms with E-state index in [-0.39, 0.29) is 35.6 Å². The van der Waals surface area contributed by atoms with Gasteiger partial charge in [0.2, 0.25) is 0 Å². The van der Waals surface area contributed by atoms with E-state index in [0.29, 0.717) is 0 Å². The topological polar surface area (TPSA) is 18.5 Å². The van der Waals surface area contributed by atoms with Crippen LogP contribution in [0.2, 0.25) is 0 Å². The Bertz CT molecular complexity index is 1010. The molecule has 0 atom stereocenters. The Morgan fingerprint density at radius 1 is 0.727 bits per heavy atom. The van der Waals surface area contributed by atoms with Crippen molar-refractivity contribution in [2.45, 2.75) is 66.2 Å². The first-order valence-electron chi connectivity index (χ1n) is 10.8. The van der Waals surface area contributed by atoms with Gasteiger partial charge in [-0.2, -0.15) is 0 Å². The van der Waals surface area contributed by atoms with E-state index < -0.39 is 18.2 Å². The van der Waals surface area contributed by atoms with Crippen molar-refractivity contribution in [1.29, 1.82) is 0 Å². The van der Waals surface area contributed by atoms with Crippen LogP contribution < -0.4 is 6.64 Å². The number of halogens is 2. The summed E-state index contributed by atoms with van der Waals surface area (Å²) in [7, 11) is 0. The first-order chi connectivity index (χ1) is 14.4. The van der Waals surface area contributed by atoms with Gasteiger partial charge in [-0.1, -0.05) is 0 Å². The maximum atomic E-state index is 6.70. The molecule has 180 valence electrons. The van der Waals surface area contributed by atoms with Crippen molar-refractivity contribution in [1.82, 2.24) is 0 Å². The summed E-state index contributed by atoms with van der Waals surface area (Å²) in [5, 5.41) is 2.10. The minimum absolute atomic E-state index is 0. The number of hydrogen-bond acceptors (Lipinski definition) is 3. The van der Waals surface area contributed by atoms with Crippen molar-refractivity contribution in [3.05, 3.63) is 81.0 Å². The molecule has 0 fully saturated rings. The summed E-state index contributed by atoms with van der Waals surface area (Å²) >= 11 is -0.841. The van der Waals surface area contributed by atoms with Gasteiger partial charge in [-0.25, -0.2) is 0 Å². The van der Waals surface area contributed by atoms with Crippen molar-refractivity contribution in [2.24, 2.45) is 0 Å². The zero-order valence-corrected chi connectivity index (χ0v) is 24.8. The van der Waals surface area contributed by atoms with E-state index >= 15 is 0 Å². The predicted molar refractivity (Wildman–Crippen MR) is 145 cm³/mol. The van der Waals surface area contributed by atoms with Crippen LogP contribution >= 0.6 is 36.2 Å². The van der Waals surface area contributed by atoms with Gasteiger partial charge >= 0.3 is 199 Å². The molecule has 33 heavy (non-hydrogen) atoms. The Morgan fingerprint density at radius 2 is 1.18 bits per heavy atom. The van der Waals surface area contributed by atoms with Crippen LogP contribution in [0.25, 0.3) is 0 Å². The summed E-state index contributed by atoms with van der Waals surface area (Å²) < 4.78 is 15.6. The van der Waals surface area contributed by atoms with Gasteiger partial charge in [-0.15, -0.1) is 24.8 Å². The summed E-state index contributed by atoms with van der Waals surface area (Å²) in [5.41, 5.74) is 4.93. The second-order valence-corrected chi connectivity index (χ2v) is 13.2. The number of hydrogen-bond donors (Lipinski definition) is 0. The van der Waals surface area contributed by atoms with Crippen molar-refractivity contribution in [3.8, 4) is 11.5 Å². The fourth-order valence-corrected chi connectivity index (χ4v) is 6.67. The number of thiophene rings is 1. The third-order valence-electron chi connectivity index (χ3n) is 5.11. The molecule has 0 saturated heterocycles. The maximum Gasteiger partial charge on any atom is -0.147 e. The molecule has 0 spiro atoms. The van der Waals surface area contributed by atoms with E-state index in [9.17, 15) is 0 Å². The summed E-state index contributed by atoms with van der Waals surface area (Å²) in [6.07, 6.45) is 0. The van der Waals surface area contributed by atoms with E-state index in [1.807, 2.05) is 0 Å². The zero-order valence-electron chi connectivity index (χ0n) is 20.8.